The third-order valence-electron chi connectivity index (χ3n) is 2.54. The van der Waals surface area contributed by atoms with Crippen LogP contribution in [0.15, 0.2) is 42.6 Å². The first kappa shape index (κ1) is 13.6. The minimum Gasteiger partial charge on any atom is -0.438 e. The van der Waals surface area contributed by atoms with Crippen LogP contribution < -0.4 is 10.1 Å². The number of ether oxygens (including phenoxy) is 1. The highest BCUT2D eigenvalue weighted by atomic mass is 16.5. The average Bonchev–Trinajstić information content (AvgIpc) is 2.48. The van der Waals surface area contributed by atoms with Gasteiger partial charge in [-0.1, -0.05) is 6.07 Å². The van der Waals surface area contributed by atoms with E-state index < -0.39 is 0 Å². The molecule has 1 N–H and O–H groups in total. The molecule has 1 heterocycles. The van der Waals surface area contributed by atoms with Crippen molar-refractivity contribution in [3.05, 3.63) is 53.7 Å². The smallest absolute Gasteiger partial charge is 0.251 e. The second-order valence-corrected chi connectivity index (χ2v) is 3.96. The van der Waals surface area contributed by atoms with Gasteiger partial charge in [0.25, 0.3) is 5.91 Å². The molecular weight excluding hydrogens is 254 g/mol. The lowest BCUT2D eigenvalue weighted by Gasteiger charge is -2.07. The molecule has 0 saturated carbocycles. The first-order valence-corrected chi connectivity index (χ1v) is 6.16. The van der Waals surface area contributed by atoms with Crippen LogP contribution in [-0.2, 0) is 0 Å². The van der Waals surface area contributed by atoms with E-state index >= 15 is 0 Å². The van der Waals surface area contributed by atoms with Crippen molar-refractivity contribution in [3.8, 4) is 17.7 Å². The van der Waals surface area contributed by atoms with E-state index in [0.717, 1.165) is 0 Å². The van der Waals surface area contributed by atoms with Gasteiger partial charge in [0.1, 0.15) is 17.4 Å². The van der Waals surface area contributed by atoms with Gasteiger partial charge in [-0.2, -0.15) is 5.26 Å². The van der Waals surface area contributed by atoms with Crippen molar-refractivity contribution in [2.24, 2.45) is 0 Å². The van der Waals surface area contributed by atoms with Crippen LogP contribution in [0.25, 0.3) is 0 Å². The van der Waals surface area contributed by atoms with Crippen LogP contribution in [0.4, 0.5) is 0 Å². The van der Waals surface area contributed by atoms with Crippen LogP contribution in [-0.4, -0.2) is 17.4 Å². The number of amides is 1. The molecular formula is C15H13N3O2. The van der Waals surface area contributed by atoms with Crippen molar-refractivity contribution >= 4 is 5.91 Å². The summed E-state index contributed by atoms with van der Waals surface area (Å²) in [7, 11) is 0. The minimum absolute atomic E-state index is 0.167. The normalized spacial score (nSPS) is 9.60. The van der Waals surface area contributed by atoms with Gasteiger partial charge in [-0.15, -0.1) is 0 Å². The molecule has 2 rings (SSSR count). The van der Waals surface area contributed by atoms with Crippen LogP contribution in [0.3, 0.4) is 0 Å². The summed E-state index contributed by atoms with van der Waals surface area (Å²) in [4.78, 5) is 15.7. The van der Waals surface area contributed by atoms with Gasteiger partial charge in [0.15, 0.2) is 0 Å². The van der Waals surface area contributed by atoms with Gasteiger partial charge in [-0.3, -0.25) is 4.79 Å². The number of aromatic nitrogens is 1. The Morgan fingerprint density at radius 3 is 3.00 bits per heavy atom. The molecule has 2 aromatic rings. The molecule has 0 atom stereocenters. The Morgan fingerprint density at radius 2 is 2.25 bits per heavy atom. The van der Waals surface area contributed by atoms with Crippen LogP contribution in [0.2, 0.25) is 0 Å². The summed E-state index contributed by atoms with van der Waals surface area (Å²) in [6.07, 6.45) is 1.55. The maximum absolute atomic E-state index is 11.7. The van der Waals surface area contributed by atoms with Gasteiger partial charge in [0, 0.05) is 18.3 Å². The van der Waals surface area contributed by atoms with Gasteiger partial charge in [0.2, 0.25) is 5.88 Å². The molecule has 5 heteroatoms. The van der Waals surface area contributed by atoms with E-state index in [4.69, 9.17) is 10.00 Å². The molecule has 20 heavy (non-hydrogen) atoms. The number of hydrogen-bond donors (Lipinski definition) is 1. The molecule has 0 spiro atoms. The number of benzene rings is 1. The summed E-state index contributed by atoms with van der Waals surface area (Å²) in [5.74, 6) is 0.520. The summed E-state index contributed by atoms with van der Waals surface area (Å²) >= 11 is 0. The van der Waals surface area contributed by atoms with E-state index in [1.165, 1.54) is 0 Å². The second kappa shape index (κ2) is 6.34. The predicted molar refractivity (Wildman–Crippen MR) is 73.5 cm³/mol. The number of carbonyl (C=O) groups is 1. The number of carbonyl (C=O) groups excluding carboxylic acids is 1. The van der Waals surface area contributed by atoms with Crippen molar-refractivity contribution in [2.45, 2.75) is 6.92 Å². The predicted octanol–water partition coefficient (Wildman–Crippen LogP) is 2.50. The third-order valence-corrected chi connectivity index (χ3v) is 2.54. The summed E-state index contributed by atoms with van der Waals surface area (Å²) in [5.41, 5.74) is 0.842. The number of rotatable bonds is 4. The Balaban J connectivity index is 2.24. The molecule has 0 fully saturated rings. The molecule has 1 aromatic heterocycles. The van der Waals surface area contributed by atoms with Crippen molar-refractivity contribution in [3.63, 3.8) is 0 Å². The molecule has 1 amide bonds. The number of pyridine rings is 1. The van der Waals surface area contributed by atoms with Crippen LogP contribution >= 0.6 is 0 Å². The van der Waals surface area contributed by atoms with Gasteiger partial charge >= 0.3 is 0 Å². The van der Waals surface area contributed by atoms with E-state index in [9.17, 15) is 4.79 Å². The van der Waals surface area contributed by atoms with Gasteiger partial charge in [-0.05, 0) is 37.3 Å². The van der Waals surface area contributed by atoms with Crippen molar-refractivity contribution in [1.29, 1.82) is 5.26 Å². The lowest BCUT2D eigenvalue weighted by molar-refractivity contribution is 0.0955. The van der Waals surface area contributed by atoms with E-state index in [1.807, 2.05) is 13.0 Å². The molecule has 0 bridgehead atoms. The molecule has 1 aromatic carbocycles. The first-order valence-electron chi connectivity index (χ1n) is 6.16. The largest absolute Gasteiger partial charge is 0.438 e. The van der Waals surface area contributed by atoms with Gasteiger partial charge < -0.3 is 10.1 Å². The Bertz CT molecular complexity index is 662. The van der Waals surface area contributed by atoms with Crippen molar-refractivity contribution in [2.75, 3.05) is 6.54 Å². The quantitative estimate of drug-likeness (QED) is 0.923. The van der Waals surface area contributed by atoms with Crippen LogP contribution in [0.5, 0.6) is 11.6 Å². The molecule has 0 aliphatic carbocycles. The standard InChI is InChI=1S/C15H13N3O2/c1-2-17-14(19)11-5-3-7-13(9-11)20-15-12(10-16)6-4-8-18-15/h3-9H,2H2,1H3,(H,17,19). The third kappa shape index (κ3) is 3.12. The zero-order valence-corrected chi connectivity index (χ0v) is 11.0. The summed E-state index contributed by atoms with van der Waals surface area (Å²) in [6, 6.07) is 12.0. The fraction of sp³-hybridized carbons (Fsp3) is 0.133. The Labute approximate surface area is 116 Å². The van der Waals surface area contributed by atoms with Crippen LogP contribution in [0, 0.1) is 11.3 Å². The molecule has 0 unspecified atom stereocenters. The number of nitrogens with one attached hydrogen (secondary N) is 1. The highest BCUT2D eigenvalue weighted by Crippen LogP contribution is 2.23. The number of hydrogen-bond acceptors (Lipinski definition) is 4. The fourth-order valence-electron chi connectivity index (χ4n) is 1.63. The lowest BCUT2D eigenvalue weighted by atomic mass is 10.2. The molecule has 0 saturated heterocycles. The van der Waals surface area contributed by atoms with E-state index in [2.05, 4.69) is 10.3 Å². The maximum Gasteiger partial charge on any atom is 0.251 e. The van der Waals surface area contributed by atoms with Crippen LogP contribution in [0.1, 0.15) is 22.8 Å². The summed E-state index contributed by atoms with van der Waals surface area (Å²) in [5, 5.41) is 11.7. The summed E-state index contributed by atoms with van der Waals surface area (Å²) < 4.78 is 5.56. The van der Waals surface area contributed by atoms with Gasteiger partial charge in [-0.25, -0.2) is 4.98 Å². The Kier molecular flexibility index (Phi) is 4.30. The van der Waals surface area contributed by atoms with E-state index in [0.29, 0.717) is 23.4 Å². The van der Waals surface area contributed by atoms with E-state index in [-0.39, 0.29) is 11.8 Å². The summed E-state index contributed by atoms with van der Waals surface area (Å²) in [6.45, 7) is 2.41. The monoisotopic (exact) mass is 267 g/mol. The molecule has 100 valence electrons. The first-order chi connectivity index (χ1) is 9.74. The highest BCUT2D eigenvalue weighted by molar-refractivity contribution is 5.94. The lowest BCUT2D eigenvalue weighted by Crippen LogP contribution is -2.22. The SMILES string of the molecule is CCNC(=O)c1cccc(Oc2ncccc2C#N)c1. The van der Waals surface area contributed by atoms with Crippen molar-refractivity contribution < 1.29 is 9.53 Å². The van der Waals surface area contributed by atoms with Gasteiger partial charge in [0.05, 0.1) is 0 Å². The fourth-order valence-corrected chi connectivity index (χ4v) is 1.63. The van der Waals surface area contributed by atoms with E-state index in [1.54, 1.807) is 42.6 Å². The number of nitrogens with zero attached hydrogens (tertiary/aromatic N) is 2. The second-order valence-electron chi connectivity index (χ2n) is 3.96. The zero-order chi connectivity index (χ0) is 14.4. The number of nitriles is 1. The van der Waals surface area contributed by atoms with Crippen molar-refractivity contribution in [1.82, 2.24) is 10.3 Å². The Hall–Kier alpha value is -2.87. The average molecular weight is 267 g/mol. The highest BCUT2D eigenvalue weighted by Gasteiger charge is 2.08. The molecule has 0 aliphatic rings. The maximum atomic E-state index is 11.7. The molecule has 5 nitrogen and oxygen atoms in total. The molecule has 0 aliphatic heterocycles. The topological polar surface area (TPSA) is 75.0 Å². The zero-order valence-electron chi connectivity index (χ0n) is 11.0. The minimum atomic E-state index is -0.167. The molecule has 0 radical (unpaired) electrons. The Morgan fingerprint density at radius 1 is 1.40 bits per heavy atom.